The molecule has 0 bridgehead atoms. The minimum absolute atomic E-state index is 0.210. The van der Waals surface area contributed by atoms with E-state index in [1.54, 1.807) is 18.3 Å². The second-order valence-electron chi connectivity index (χ2n) is 5.02. The molecule has 0 radical (unpaired) electrons. The standard InChI is InChI=1S/C18H22N2O4/c1-3-5-10-23-15-9-8-14(12-17(15)22-4-2)13-19-20-18(21)16-7-6-11-24-16/h6-9,11-13H,3-5,10H2,1-2H3,(H,20,21). The predicted octanol–water partition coefficient (Wildman–Crippen LogP) is 3.62. The molecule has 1 aromatic carbocycles. The number of nitrogens with one attached hydrogen (secondary N) is 1. The Balaban J connectivity index is 2.00. The van der Waals surface area contributed by atoms with Gasteiger partial charge in [-0.15, -0.1) is 0 Å². The SMILES string of the molecule is CCCCOc1ccc(C=NNC(=O)c2ccco2)cc1OCC. The summed E-state index contributed by atoms with van der Waals surface area (Å²) in [6.45, 7) is 5.23. The maximum Gasteiger partial charge on any atom is 0.307 e. The van der Waals surface area contributed by atoms with E-state index >= 15 is 0 Å². The first-order valence-corrected chi connectivity index (χ1v) is 8.01. The number of rotatable bonds is 9. The second kappa shape index (κ2) is 9.39. The Morgan fingerprint density at radius 2 is 2.12 bits per heavy atom. The van der Waals surface area contributed by atoms with Crippen LogP contribution in [0.3, 0.4) is 0 Å². The van der Waals surface area contributed by atoms with Gasteiger partial charge in [-0.25, -0.2) is 5.43 Å². The smallest absolute Gasteiger partial charge is 0.307 e. The van der Waals surface area contributed by atoms with E-state index in [1.165, 1.54) is 6.26 Å². The van der Waals surface area contributed by atoms with E-state index in [4.69, 9.17) is 13.9 Å². The fraction of sp³-hybridized carbons (Fsp3) is 0.333. The topological polar surface area (TPSA) is 73.1 Å². The molecule has 1 N–H and O–H groups in total. The summed E-state index contributed by atoms with van der Waals surface area (Å²) in [6.07, 6.45) is 5.04. The molecule has 1 aromatic heterocycles. The number of carbonyl (C=O) groups excluding carboxylic acids is 1. The average Bonchev–Trinajstić information content (AvgIpc) is 3.12. The summed E-state index contributed by atoms with van der Waals surface area (Å²) in [5.41, 5.74) is 3.20. The third-order valence-corrected chi connectivity index (χ3v) is 3.15. The molecule has 0 fully saturated rings. The first-order chi connectivity index (χ1) is 11.7. The summed E-state index contributed by atoms with van der Waals surface area (Å²) in [5.74, 6) is 1.18. The lowest BCUT2D eigenvalue weighted by atomic mass is 10.2. The van der Waals surface area contributed by atoms with Gasteiger partial charge in [0.25, 0.3) is 0 Å². The van der Waals surface area contributed by atoms with Gasteiger partial charge in [-0.3, -0.25) is 4.79 Å². The third-order valence-electron chi connectivity index (χ3n) is 3.15. The van der Waals surface area contributed by atoms with Gasteiger partial charge in [-0.1, -0.05) is 13.3 Å². The number of ether oxygens (including phenoxy) is 2. The van der Waals surface area contributed by atoms with Gasteiger partial charge in [0.2, 0.25) is 0 Å². The van der Waals surface area contributed by atoms with Crippen LogP contribution in [0.5, 0.6) is 11.5 Å². The largest absolute Gasteiger partial charge is 0.490 e. The summed E-state index contributed by atoms with van der Waals surface area (Å²) in [4.78, 5) is 11.7. The van der Waals surface area contributed by atoms with Crippen LogP contribution in [0.15, 0.2) is 46.1 Å². The van der Waals surface area contributed by atoms with Crippen molar-refractivity contribution < 1.29 is 18.7 Å². The quantitative estimate of drug-likeness (QED) is 0.433. The van der Waals surface area contributed by atoms with Crippen LogP contribution < -0.4 is 14.9 Å². The number of carbonyl (C=O) groups is 1. The molecule has 0 spiro atoms. The summed E-state index contributed by atoms with van der Waals surface area (Å²) >= 11 is 0. The highest BCUT2D eigenvalue weighted by Gasteiger charge is 2.07. The molecule has 1 heterocycles. The van der Waals surface area contributed by atoms with Crippen LogP contribution in [-0.4, -0.2) is 25.3 Å². The summed E-state index contributed by atoms with van der Waals surface area (Å²) < 4.78 is 16.3. The number of hydrazone groups is 1. The van der Waals surface area contributed by atoms with Crippen molar-refractivity contribution in [2.24, 2.45) is 5.10 Å². The van der Waals surface area contributed by atoms with E-state index in [9.17, 15) is 4.79 Å². The van der Waals surface area contributed by atoms with Gasteiger partial charge in [0.1, 0.15) is 0 Å². The number of hydrogen-bond acceptors (Lipinski definition) is 5. The zero-order chi connectivity index (χ0) is 17.2. The molecule has 0 atom stereocenters. The minimum Gasteiger partial charge on any atom is -0.490 e. The number of benzene rings is 1. The Bertz CT molecular complexity index is 666. The normalized spacial score (nSPS) is 10.8. The molecule has 128 valence electrons. The van der Waals surface area contributed by atoms with E-state index in [0.717, 1.165) is 18.4 Å². The highest BCUT2D eigenvalue weighted by molar-refractivity contribution is 5.92. The molecule has 0 aliphatic heterocycles. The number of nitrogens with zero attached hydrogens (tertiary/aromatic N) is 1. The van der Waals surface area contributed by atoms with Crippen molar-refractivity contribution in [2.75, 3.05) is 13.2 Å². The molecular formula is C18H22N2O4. The Morgan fingerprint density at radius 3 is 2.83 bits per heavy atom. The third kappa shape index (κ3) is 5.15. The van der Waals surface area contributed by atoms with E-state index in [0.29, 0.717) is 24.7 Å². The van der Waals surface area contributed by atoms with Gasteiger partial charge in [-0.2, -0.15) is 5.10 Å². The van der Waals surface area contributed by atoms with Gasteiger partial charge < -0.3 is 13.9 Å². The molecule has 0 saturated carbocycles. The molecule has 1 amide bonds. The fourth-order valence-corrected chi connectivity index (χ4v) is 1.95. The van der Waals surface area contributed by atoms with Gasteiger partial charge in [0, 0.05) is 0 Å². The van der Waals surface area contributed by atoms with E-state index in [1.807, 2.05) is 25.1 Å². The van der Waals surface area contributed by atoms with Gasteiger partial charge in [0.05, 0.1) is 25.7 Å². The number of hydrogen-bond donors (Lipinski definition) is 1. The molecule has 0 unspecified atom stereocenters. The monoisotopic (exact) mass is 330 g/mol. The Morgan fingerprint density at radius 1 is 1.25 bits per heavy atom. The second-order valence-corrected chi connectivity index (χ2v) is 5.02. The molecule has 2 aromatic rings. The maximum absolute atomic E-state index is 11.7. The molecule has 6 heteroatoms. The molecule has 2 rings (SSSR count). The maximum atomic E-state index is 11.7. The minimum atomic E-state index is -0.402. The van der Waals surface area contributed by atoms with Crippen LogP contribution in [-0.2, 0) is 0 Å². The van der Waals surface area contributed by atoms with E-state index in [-0.39, 0.29) is 5.76 Å². The number of furan rings is 1. The molecule has 0 saturated heterocycles. The number of amides is 1. The predicted molar refractivity (Wildman–Crippen MR) is 91.8 cm³/mol. The molecule has 24 heavy (non-hydrogen) atoms. The van der Waals surface area contributed by atoms with Crippen LogP contribution in [0.4, 0.5) is 0 Å². The van der Waals surface area contributed by atoms with Gasteiger partial charge in [0.15, 0.2) is 17.3 Å². The van der Waals surface area contributed by atoms with Crippen molar-refractivity contribution in [3.8, 4) is 11.5 Å². The highest BCUT2D eigenvalue weighted by Crippen LogP contribution is 2.28. The first-order valence-electron chi connectivity index (χ1n) is 8.01. The van der Waals surface area contributed by atoms with Crippen LogP contribution >= 0.6 is 0 Å². The fourth-order valence-electron chi connectivity index (χ4n) is 1.95. The lowest BCUT2D eigenvalue weighted by Crippen LogP contribution is -2.16. The average molecular weight is 330 g/mol. The van der Waals surface area contributed by atoms with E-state index < -0.39 is 5.91 Å². The van der Waals surface area contributed by atoms with Crippen LogP contribution in [0.2, 0.25) is 0 Å². The highest BCUT2D eigenvalue weighted by atomic mass is 16.5. The lowest BCUT2D eigenvalue weighted by molar-refractivity contribution is 0.0927. The molecule has 0 aliphatic carbocycles. The van der Waals surface area contributed by atoms with Crippen molar-refractivity contribution in [3.05, 3.63) is 47.9 Å². The summed E-state index contributed by atoms with van der Waals surface area (Å²) in [5, 5.41) is 3.92. The van der Waals surface area contributed by atoms with E-state index in [2.05, 4.69) is 17.5 Å². The zero-order valence-electron chi connectivity index (χ0n) is 14.0. The van der Waals surface area contributed by atoms with Crippen molar-refractivity contribution in [1.29, 1.82) is 0 Å². The first kappa shape index (κ1) is 17.6. The number of unbranched alkanes of at least 4 members (excludes halogenated alkanes) is 1. The van der Waals surface area contributed by atoms with Crippen LogP contribution in [0.1, 0.15) is 42.8 Å². The lowest BCUT2D eigenvalue weighted by Gasteiger charge is -2.12. The summed E-state index contributed by atoms with van der Waals surface area (Å²) in [7, 11) is 0. The van der Waals surface area contributed by atoms with Crippen LogP contribution in [0.25, 0.3) is 0 Å². The van der Waals surface area contributed by atoms with Crippen molar-refractivity contribution in [2.45, 2.75) is 26.7 Å². The Labute approximate surface area is 141 Å². The van der Waals surface area contributed by atoms with Gasteiger partial charge in [-0.05, 0) is 49.2 Å². The van der Waals surface area contributed by atoms with Crippen molar-refractivity contribution in [3.63, 3.8) is 0 Å². The van der Waals surface area contributed by atoms with Crippen molar-refractivity contribution in [1.82, 2.24) is 5.43 Å². The molecule has 6 nitrogen and oxygen atoms in total. The Hall–Kier alpha value is -2.76. The van der Waals surface area contributed by atoms with Crippen LogP contribution in [0, 0.1) is 0 Å². The zero-order valence-corrected chi connectivity index (χ0v) is 14.0. The van der Waals surface area contributed by atoms with Gasteiger partial charge >= 0.3 is 5.91 Å². The molecular weight excluding hydrogens is 308 g/mol. The van der Waals surface area contributed by atoms with Crippen molar-refractivity contribution >= 4 is 12.1 Å². The summed E-state index contributed by atoms with van der Waals surface area (Å²) in [6, 6.07) is 8.74. The Kier molecular flexibility index (Phi) is 6.89. The molecule has 0 aliphatic rings.